The van der Waals surface area contributed by atoms with Crippen molar-refractivity contribution in [2.75, 3.05) is 13.2 Å². The summed E-state index contributed by atoms with van der Waals surface area (Å²) in [5, 5.41) is 0. The smallest absolute Gasteiger partial charge is 0.133 e. The van der Waals surface area contributed by atoms with E-state index in [-0.39, 0.29) is 0 Å². The first-order valence-corrected chi connectivity index (χ1v) is 3.77. The lowest BCUT2D eigenvalue weighted by Gasteiger charge is -2.27. The van der Waals surface area contributed by atoms with Gasteiger partial charge in [0.2, 0.25) is 0 Å². The van der Waals surface area contributed by atoms with Crippen LogP contribution in [0.2, 0.25) is 0 Å². The van der Waals surface area contributed by atoms with Crippen molar-refractivity contribution >= 4 is 12.2 Å². The fourth-order valence-electron chi connectivity index (χ4n) is 1.39. The lowest BCUT2D eigenvalue weighted by atomic mass is 10.1. The summed E-state index contributed by atoms with van der Waals surface area (Å²) in [6, 6.07) is 0. The fourth-order valence-corrected chi connectivity index (χ4v) is 1.39. The maximum absolute atomic E-state index is 4.30. The van der Waals surface area contributed by atoms with Gasteiger partial charge < -0.3 is 4.90 Å². The standard InChI is InChI=1S/C7H11N3/c1-2-4-10-6-8-5-9-7(10)3-1/h6H,1-5H2. The second kappa shape index (κ2) is 2.40. The molecule has 3 nitrogen and oxygen atoms in total. The molecule has 0 atom stereocenters. The van der Waals surface area contributed by atoms with Crippen molar-refractivity contribution < 1.29 is 0 Å². The molecule has 3 heteroatoms. The SMILES string of the molecule is C1=NCN=C2CCCCN12. The molecule has 0 unspecified atom stereocenters. The Bertz CT molecular complexity index is 183. The average molecular weight is 137 g/mol. The molecule has 2 heterocycles. The predicted octanol–water partition coefficient (Wildman–Crippen LogP) is 0.870. The van der Waals surface area contributed by atoms with Crippen molar-refractivity contribution in [3.8, 4) is 0 Å². The van der Waals surface area contributed by atoms with E-state index in [9.17, 15) is 0 Å². The van der Waals surface area contributed by atoms with E-state index in [1.54, 1.807) is 0 Å². The Morgan fingerprint density at radius 2 is 2.40 bits per heavy atom. The van der Waals surface area contributed by atoms with Crippen molar-refractivity contribution in [1.82, 2.24) is 4.90 Å². The zero-order chi connectivity index (χ0) is 6.81. The molecule has 0 aromatic carbocycles. The second-order valence-electron chi connectivity index (χ2n) is 2.66. The van der Waals surface area contributed by atoms with Crippen molar-refractivity contribution in [2.45, 2.75) is 19.3 Å². The summed E-state index contributed by atoms with van der Waals surface area (Å²) in [6.07, 6.45) is 5.64. The lowest BCUT2D eigenvalue weighted by molar-refractivity contribution is 0.504. The van der Waals surface area contributed by atoms with Crippen molar-refractivity contribution in [2.24, 2.45) is 9.98 Å². The first kappa shape index (κ1) is 5.89. The Kier molecular flexibility index (Phi) is 1.42. The first-order valence-electron chi connectivity index (χ1n) is 3.77. The minimum absolute atomic E-state index is 0.645. The zero-order valence-corrected chi connectivity index (χ0v) is 5.95. The highest BCUT2D eigenvalue weighted by Gasteiger charge is 2.15. The highest BCUT2D eigenvalue weighted by Crippen LogP contribution is 2.11. The zero-order valence-electron chi connectivity index (χ0n) is 5.95. The van der Waals surface area contributed by atoms with Gasteiger partial charge in [-0.1, -0.05) is 0 Å². The molecule has 0 amide bonds. The van der Waals surface area contributed by atoms with E-state index in [1.807, 2.05) is 6.34 Å². The van der Waals surface area contributed by atoms with Crippen LogP contribution in [0.25, 0.3) is 0 Å². The van der Waals surface area contributed by atoms with Gasteiger partial charge in [-0.3, -0.25) is 4.99 Å². The van der Waals surface area contributed by atoms with Crippen LogP contribution in [0.3, 0.4) is 0 Å². The topological polar surface area (TPSA) is 28.0 Å². The fraction of sp³-hybridized carbons (Fsp3) is 0.714. The van der Waals surface area contributed by atoms with E-state index in [0.29, 0.717) is 6.67 Å². The van der Waals surface area contributed by atoms with Crippen LogP contribution in [0.1, 0.15) is 19.3 Å². The third-order valence-electron chi connectivity index (χ3n) is 1.94. The monoisotopic (exact) mass is 137 g/mol. The Morgan fingerprint density at radius 1 is 1.40 bits per heavy atom. The molecule has 0 N–H and O–H groups in total. The summed E-state index contributed by atoms with van der Waals surface area (Å²) < 4.78 is 0. The summed E-state index contributed by atoms with van der Waals surface area (Å²) in [7, 11) is 0. The predicted molar refractivity (Wildman–Crippen MR) is 41.4 cm³/mol. The molecular weight excluding hydrogens is 126 g/mol. The summed E-state index contributed by atoms with van der Waals surface area (Å²) in [5.74, 6) is 1.24. The minimum atomic E-state index is 0.645. The van der Waals surface area contributed by atoms with Crippen LogP contribution in [-0.4, -0.2) is 30.3 Å². The minimum Gasteiger partial charge on any atom is -0.321 e. The Hall–Kier alpha value is -0.860. The van der Waals surface area contributed by atoms with Crippen molar-refractivity contribution in [3.05, 3.63) is 0 Å². The van der Waals surface area contributed by atoms with E-state index in [2.05, 4.69) is 14.9 Å². The van der Waals surface area contributed by atoms with E-state index in [1.165, 1.54) is 18.7 Å². The average Bonchev–Trinajstić information content (AvgIpc) is 2.05. The molecule has 0 radical (unpaired) electrons. The van der Waals surface area contributed by atoms with Gasteiger partial charge >= 0.3 is 0 Å². The number of rotatable bonds is 0. The number of hydrogen-bond acceptors (Lipinski definition) is 3. The third-order valence-corrected chi connectivity index (χ3v) is 1.94. The van der Waals surface area contributed by atoms with Crippen LogP contribution >= 0.6 is 0 Å². The Balaban J connectivity index is 2.13. The van der Waals surface area contributed by atoms with Crippen LogP contribution < -0.4 is 0 Å². The molecule has 1 fully saturated rings. The van der Waals surface area contributed by atoms with Crippen molar-refractivity contribution in [3.63, 3.8) is 0 Å². The largest absolute Gasteiger partial charge is 0.321 e. The van der Waals surface area contributed by atoms with Crippen LogP contribution in [0, 0.1) is 0 Å². The Morgan fingerprint density at radius 3 is 3.30 bits per heavy atom. The van der Waals surface area contributed by atoms with Gasteiger partial charge in [-0.05, 0) is 12.8 Å². The summed E-state index contributed by atoms with van der Waals surface area (Å²) in [6.45, 7) is 1.76. The van der Waals surface area contributed by atoms with Crippen LogP contribution in [0.15, 0.2) is 9.98 Å². The molecule has 1 saturated heterocycles. The molecule has 0 spiro atoms. The van der Waals surface area contributed by atoms with Gasteiger partial charge in [-0.15, -0.1) is 0 Å². The molecule has 2 aliphatic heterocycles. The lowest BCUT2D eigenvalue weighted by Crippen LogP contribution is -2.36. The molecule has 0 aromatic rings. The van der Waals surface area contributed by atoms with E-state index in [4.69, 9.17) is 0 Å². The highest BCUT2D eigenvalue weighted by atomic mass is 15.3. The molecular formula is C7H11N3. The Labute approximate surface area is 60.5 Å². The van der Waals surface area contributed by atoms with Gasteiger partial charge in [0.05, 0.1) is 6.34 Å². The molecule has 0 saturated carbocycles. The van der Waals surface area contributed by atoms with Crippen LogP contribution in [0.4, 0.5) is 0 Å². The highest BCUT2D eigenvalue weighted by molar-refractivity contribution is 5.93. The number of nitrogens with zero attached hydrogens (tertiary/aromatic N) is 3. The van der Waals surface area contributed by atoms with Gasteiger partial charge in [0.1, 0.15) is 12.5 Å². The number of hydrogen-bond donors (Lipinski definition) is 0. The molecule has 0 aliphatic carbocycles. The summed E-state index contributed by atoms with van der Waals surface area (Å²) >= 11 is 0. The molecule has 0 aromatic heterocycles. The van der Waals surface area contributed by atoms with E-state index in [0.717, 1.165) is 13.0 Å². The van der Waals surface area contributed by atoms with Crippen molar-refractivity contribution in [1.29, 1.82) is 0 Å². The summed E-state index contributed by atoms with van der Waals surface area (Å²) in [5.41, 5.74) is 0. The number of amidine groups is 1. The van der Waals surface area contributed by atoms with Gasteiger partial charge in [0, 0.05) is 13.0 Å². The normalized spacial score (nSPS) is 24.0. The summed E-state index contributed by atoms with van der Waals surface area (Å²) in [4.78, 5) is 10.5. The molecule has 10 heavy (non-hydrogen) atoms. The van der Waals surface area contributed by atoms with Gasteiger partial charge in [0.15, 0.2) is 0 Å². The first-order chi connectivity index (χ1) is 4.97. The van der Waals surface area contributed by atoms with Crippen LogP contribution in [-0.2, 0) is 0 Å². The van der Waals surface area contributed by atoms with Gasteiger partial charge in [-0.25, -0.2) is 4.99 Å². The molecule has 2 rings (SSSR count). The quantitative estimate of drug-likeness (QED) is 0.487. The maximum Gasteiger partial charge on any atom is 0.133 e. The van der Waals surface area contributed by atoms with E-state index < -0.39 is 0 Å². The van der Waals surface area contributed by atoms with Gasteiger partial charge in [0.25, 0.3) is 0 Å². The molecule has 2 aliphatic rings. The second-order valence-corrected chi connectivity index (χ2v) is 2.66. The maximum atomic E-state index is 4.30. The molecule has 0 bridgehead atoms. The van der Waals surface area contributed by atoms with E-state index >= 15 is 0 Å². The van der Waals surface area contributed by atoms with Crippen LogP contribution in [0.5, 0.6) is 0 Å². The molecule has 54 valence electrons. The number of aliphatic imine (C=N–C) groups is 2. The van der Waals surface area contributed by atoms with Gasteiger partial charge in [-0.2, -0.15) is 0 Å². The number of piperidine rings is 1. The third kappa shape index (κ3) is 0.916. The number of fused-ring (bicyclic) bond motifs is 1.